The molecule has 1 aromatic rings. The quantitative estimate of drug-likeness (QED) is 0.187. The maximum Gasteiger partial charge on any atom is 0.0948 e. The molecule has 5 heteroatoms. The molecule has 0 aliphatic heterocycles. The Hall–Kier alpha value is -0.910. The van der Waals surface area contributed by atoms with Crippen molar-refractivity contribution >= 4 is 10.1 Å². The van der Waals surface area contributed by atoms with Crippen molar-refractivity contribution in [1.82, 2.24) is 0 Å². The molecule has 0 amide bonds. The first-order chi connectivity index (χ1) is 13.8. The Morgan fingerprint density at radius 2 is 1.52 bits per heavy atom. The average molecular weight is 426 g/mol. The van der Waals surface area contributed by atoms with E-state index in [1.807, 2.05) is 6.07 Å². The summed E-state index contributed by atoms with van der Waals surface area (Å²) in [6.07, 6.45) is 12.7. The van der Waals surface area contributed by atoms with Crippen molar-refractivity contribution in [1.29, 1.82) is 0 Å². The Bertz CT molecular complexity index is 633. The van der Waals surface area contributed by atoms with E-state index >= 15 is 0 Å². The molecule has 0 aromatic heterocycles. The van der Waals surface area contributed by atoms with Crippen LogP contribution in [-0.2, 0) is 16.5 Å². The Balaban J connectivity index is 2.75. The minimum atomic E-state index is -4.14. The minimum Gasteiger partial charge on any atom is -0.748 e. The third-order valence-electron chi connectivity index (χ3n) is 6.21. The van der Waals surface area contributed by atoms with Gasteiger partial charge in [0.1, 0.15) is 0 Å². The van der Waals surface area contributed by atoms with Gasteiger partial charge in [-0.25, -0.2) is 8.42 Å². The maximum atomic E-state index is 11.1. The van der Waals surface area contributed by atoms with Gasteiger partial charge in [-0.2, -0.15) is 0 Å². The molecule has 1 rings (SSSR count). The van der Waals surface area contributed by atoms with E-state index < -0.39 is 10.1 Å². The molecule has 168 valence electrons. The molecular formula is C24H43NO3S. The first kappa shape index (κ1) is 26.1. The number of nitrogens with zero attached hydrogens (tertiary/aromatic N) is 1. The molecule has 0 radical (unpaired) electrons. The zero-order valence-corrected chi connectivity index (χ0v) is 19.8. The monoisotopic (exact) mass is 425 g/mol. The molecule has 1 aromatic carbocycles. The first-order valence-corrected chi connectivity index (χ1v) is 13.2. The number of likely N-dealkylation sites (N-methyl/N-ethyl adjacent to an activating group) is 1. The summed E-state index contributed by atoms with van der Waals surface area (Å²) in [4.78, 5) is 0. The Kier molecular flexibility index (Phi) is 12.8. The molecule has 0 saturated carbocycles. The maximum absolute atomic E-state index is 11.1. The van der Waals surface area contributed by atoms with Crippen LogP contribution in [0.25, 0.3) is 0 Å². The predicted molar refractivity (Wildman–Crippen MR) is 122 cm³/mol. The van der Waals surface area contributed by atoms with Crippen LogP contribution in [-0.4, -0.2) is 49.4 Å². The summed E-state index contributed by atoms with van der Waals surface area (Å²) in [6, 6.07) is 11.0. The van der Waals surface area contributed by atoms with Gasteiger partial charge in [0, 0.05) is 18.6 Å². The molecule has 0 aliphatic carbocycles. The molecular weight excluding hydrogens is 382 g/mol. The highest BCUT2D eigenvalue weighted by Gasteiger charge is 2.31. The highest BCUT2D eigenvalue weighted by Crippen LogP contribution is 2.24. The number of hydrogen-bond acceptors (Lipinski definition) is 3. The lowest BCUT2D eigenvalue weighted by atomic mass is 9.98. The minimum absolute atomic E-state index is 0.248. The second-order valence-electron chi connectivity index (χ2n) is 8.78. The van der Waals surface area contributed by atoms with E-state index in [2.05, 4.69) is 45.2 Å². The Labute approximate surface area is 180 Å². The molecule has 0 bridgehead atoms. The summed E-state index contributed by atoms with van der Waals surface area (Å²) in [5, 5.41) is 0. The van der Waals surface area contributed by atoms with Crippen LogP contribution in [0.5, 0.6) is 0 Å². The van der Waals surface area contributed by atoms with E-state index in [0.717, 1.165) is 36.8 Å². The predicted octanol–water partition coefficient (Wildman–Crippen LogP) is 5.53. The SMILES string of the molecule is CCCCCCCCC(CCC)[N+](C)(CCCS(=O)(=O)[O-])CCc1ccccc1. The van der Waals surface area contributed by atoms with Gasteiger partial charge < -0.3 is 9.04 Å². The van der Waals surface area contributed by atoms with Crippen molar-refractivity contribution in [3.8, 4) is 0 Å². The molecule has 29 heavy (non-hydrogen) atoms. The van der Waals surface area contributed by atoms with Gasteiger partial charge in [0.2, 0.25) is 0 Å². The summed E-state index contributed by atoms with van der Waals surface area (Å²) in [5.74, 6) is -0.248. The van der Waals surface area contributed by atoms with Gasteiger partial charge in [0.05, 0.1) is 36.3 Å². The molecule has 2 atom stereocenters. The van der Waals surface area contributed by atoms with Crippen LogP contribution < -0.4 is 0 Å². The Morgan fingerprint density at radius 1 is 0.862 bits per heavy atom. The standard InChI is InChI=1S/C24H43NO3S/c1-4-6-7-8-9-13-18-24(15-5-2)25(3,20-14-22-29(26,27)28)21-19-23-16-11-10-12-17-23/h10-12,16-17,24H,4-9,13-15,18-22H2,1-3H3. The number of hydrogen-bond donors (Lipinski definition) is 0. The highest BCUT2D eigenvalue weighted by atomic mass is 32.2. The van der Waals surface area contributed by atoms with Gasteiger partial charge in [-0.1, -0.05) is 82.7 Å². The molecule has 0 N–H and O–H groups in total. The zero-order valence-electron chi connectivity index (χ0n) is 18.9. The molecule has 0 fully saturated rings. The van der Waals surface area contributed by atoms with Crippen LogP contribution in [0.1, 0.15) is 83.6 Å². The lowest BCUT2D eigenvalue weighted by molar-refractivity contribution is -0.934. The van der Waals surface area contributed by atoms with Crippen LogP contribution in [0.4, 0.5) is 0 Å². The first-order valence-electron chi connectivity index (χ1n) is 11.6. The van der Waals surface area contributed by atoms with Gasteiger partial charge in [0.25, 0.3) is 0 Å². The van der Waals surface area contributed by atoms with Crippen LogP contribution in [0.15, 0.2) is 30.3 Å². The van der Waals surface area contributed by atoms with Gasteiger partial charge in [-0.05, 0) is 24.8 Å². The van der Waals surface area contributed by atoms with E-state index in [9.17, 15) is 13.0 Å². The summed E-state index contributed by atoms with van der Waals surface area (Å²) in [5.41, 5.74) is 1.32. The third kappa shape index (κ3) is 11.8. The lowest BCUT2D eigenvalue weighted by Gasteiger charge is -2.42. The van der Waals surface area contributed by atoms with Gasteiger partial charge >= 0.3 is 0 Å². The van der Waals surface area contributed by atoms with Crippen molar-refractivity contribution in [3.05, 3.63) is 35.9 Å². The van der Waals surface area contributed by atoms with Gasteiger partial charge in [-0.15, -0.1) is 0 Å². The average Bonchev–Trinajstić information content (AvgIpc) is 2.68. The molecule has 0 aliphatic rings. The summed E-state index contributed by atoms with van der Waals surface area (Å²) < 4.78 is 34.2. The highest BCUT2D eigenvalue weighted by molar-refractivity contribution is 7.85. The van der Waals surface area contributed by atoms with Gasteiger partial charge in [0.15, 0.2) is 0 Å². The molecule has 0 spiro atoms. The molecule has 2 unspecified atom stereocenters. The summed E-state index contributed by atoms with van der Waals surface area (Å²) in [6.45, 7) is 6.23. The van der Waals surface area contributed by atoms with E-state index in [1.165, 1.54) is 50.5 Å². The zero-order chi connectivity index (χ0) is 21.6. The van der Waals surface area contributed by atoms with Crippen LogP contribution in [0.2, 0.25) is 0 Å². The van der Waals surface area contributed by atoms with E-state index in [-0.39, 0.29) is 5.75 Å². The summed E-state index contributed by atoms with van der Waals surface area (Å²) >= 11 is 0. The number of quaternary nitrogens is 1. The van der Waals surface area contributed by atoms with E-state index in [0.29, 0.717) is 12.5 Å². The van der Waals surface area contributed by atoms with Crippen molar-refractivity contribution in [3.63, 3.8) is 0 Å². The lowest BCUT2D eigenvalue weighted by Crippen LogP contribution is -2.54. The second kappa shape index (κ2) is 14.2. The smallest absolute Gasteiger partial charge is 0.0948 e. The summed E-state index contributed by atoms with van der Waals surface area (Å²) in [7, 11) is -1.87. The van der Waals surface area contributed by atoms with Crippen LogP contribution >= 0.6 is 0 Å². The molecule has 0 heterocycles. The van der Waals surface area contributed by atoms with Crippen LogP contribution in [0, 0.1) is 0 Å². The van der Waals surface area contributed by atoms with Crippen molar-refractivity contribution < 1.29 is 17.5 Å². The topological polar surface area (TPSA) is 57.2 Å². The number of rotatable bonds is 17. The fourth-order valence-electron chi connectivity index (χ4n) is 4.37. The van der Waals surface area contributed by atoms with Crippen molar-refractivity contribution in [2.45, 2.75) is 90.5 Å². The van der Waals surface area contributed by atoms with Crippen LogP contribution in [0.3, 0.4) is 0 Å². The number of benzene rings is 1. The fraction of sp³-hybridized carbons (Fsp3) is 0.750. The third-order valence-corrected chi connectivity index (χ3v) is 7.00. The molecule has 0 saturated heterocycles. The van der Waals surface area contributed by atoms with Gasteiger partial charge in [-0.3, -0.25) is 0 Å². The van der Waals surface area contributed by atoms with E-state index in [4.69, 9.17) is 0 Å². The largest absolute Gasteiger partial charge is 0.748 e. The van der Waals surface area contributed by atoms with Crippen molar-refractivity contribution in [2.75, 3.05) is 25.9 Å². The van der Waals surface area contributed by atoms with E-state index in [1.54, 1.807) is 0 Å². The number of unbranched alkanes of at least 4 members (excludes halogenated alkanes) is 5. The molecule has 4 nitrogen and oxygen atoms in total. The second-order valence-corrected chi connectivity index (χ2v) is 10.3. The normalized spacial score (nSPS) is 15.2. The Morgan fingerprint density at radius 3 is 2.14 bits per heavy atom. The fourth-order valence-corrected chi connectivity index (χ4v) is 4.85. The van der Waals surface area contributed by atoms with Crippen molar-refractivity contribution in [2.24, 2.45) is 0 Å².